The van der Waals surface area contributed by atoms with Crippen LogP contribution < -0.4 is 9.44 Å². The Kier molecular flexibility index (Phi) is 3.12. The predicted molar refractivity (Wildman–Crippen MR) is 65.6 cm³/mol. The molecule has 0 saturated heterocycles. The van der Waals surface area contributed by atoms with Gasteiger partial charge >= 0.3 is 0 Å². The number of H-pyrrole nitrogens is 1. The summed E-state index contributed by atoms with van der Waals surface area (Å²) < 4.78 is 27.0. The molecule has 6 nitrogen and oxygen atoms in total. The van der Waals surface area contributed by atoms with Crippen LogP contribution in [-0.4, -0.2) is 25.4 Å². The topological polar surface area (TPSA) is 86.9 Å². The van der Waals surface area contributed by atoms with Crippen LogP contribution in [0.4, 0.5) is 5.69 Å². The number of aromatic amines is 1. The molecule has 0 atom stereocenters. The third-order valence-electron chi connectivity index (χ3n) is 2.22. The second kappa shape index (κ2) is 4.56. The summed E-state index contributed by atoms with van der Waals surface area (Å²) in [5.74, 6) is 0. The Hall–Kier alpha value is -1.86. The summed E-state index contributed by atoms with van der Waals surface area (Å²) in [4.78, 5) is 6.89. The minimum atomic E-state index is -3.46. The van der Waals surface area contributed by atoms with Gasteiger partial charge in [0, 0.05) is 12.7 Å². The van der Waals surface area contributed by atoms with Gasteiger partial charge in [-0.25, -0.2) is 9.71 Å². The van der Waals surface area contributed by atoms with Crippen LogP contribution in [0.15, 0.2) is 36.8 Å². The number of imidazole rings is 1. The van der Waals surface area contributed by atoms with E-state index in [-0.39, 0.29) is 0 Å². The van der Waals surface area contributed by atoms with Crippen molar-refractivity contribution < 1.29 is 8.42 Å². The zero-order chi connectivity index (χ0) is 12.3. The van der Waals surface area contributed by atoms with Crippen LogP contribution >= 0.6 is 0 Å². The number of nitrogens with zero attached hydrogens (tertiary/aromatic N) is 1. The maximum absolute atomic E-state index is 11.2. The van der Waals surface area contributed by atoms with Crippen LogP contribution in [0.2, 0.25) is 0 Å². The lowest BCUT2D eigenvalue weighted by Crippen LogP contribution is -2.26. The van der Waals surface area contributed by atoms with Crippen molar-refractivity contribution >= 4 is 15.9 Å². The number of nitrogens with one attached hydrogen (secondary N) is 3. The molecule has 17 heavy (non-hydrogen) atoms. The van der Waals surface area contributed by atoms with Gasteiger partial charge in [-0.3, -0.25) is 4.72 Å². The van der Waals surface area contributed by atoms with Crippen LogP contribution in [0.5, 0.6) is 0 Å². The number of benzene rings is 1. The van der Waals surface area contributed by atoms with E-state index >= 15 is 0 Å². The highest BCUT2D eigenvalue weighted by atomic mass is 32.2. The van der Waals surface area contributed by atoms with Gasteiger partial charge in [0.05, 0.1) is 18.2 Å². The van der Waals surface area contributed by atoms with E-state index in [1.54, 1.807) is 36.8 Å². The molecule has 1 aromatic heterocycles. The molecule has 0 aliphatic carbocycles. The number of aromatic nitrogens is 2. The van der Waals surface area contributed by atoms with Gasteiger partial charge in [-0.2, -0.15) is 8.42 Å². The van der Waals surface area contributed by atoms with E-state index in [1.807, 2.05) is 0 Å². The standard InChI is InChI=1S/C10H12N4O2S/c1-11-17(15,16)14-9-4-2-8(3-5-9)10-6-12-7-13-10/h2-7,11,14H,1H3,(H,12,13). The lowest BCUT2D eigenvalue weighted by Gasteiger charge is -2.06. The van der Waals surface area contributed by atoms with Gasteiger partial charge < -0.3 is 4.98 Å². The first kappa shape index (κ1) is 11.6. The van der Waals surface area contributed by atoms with Crippen molar-refractivity contribution in [3.63, 3.8) is 0 Å². The fourth-order valence-corrected chi connectivity index (χ4v) is 1.89. The summed E-state index contributed by atoms with van der Waals surface area (Å²) in [6.07, 6.45) is 3.29. The summed E-state index contributed by atoms with van der Waals surface area (Å²) in [5, 5.41) is 0. The first-order valence-corrected chi connectivity index (χ1v) is 6.39. The second-order valence-corrected chi connectivity index (χ2v) is 4.97. The SMILES string of the molecule is CNS(=O)(=O)Nc1ccc(-c2cnc[nH]2)cc1. The minimum absolute atomic E-state index is 0.502. The highest BCUT2D eigenvalue weighted by Crippen LogP contribution is 2.18. The molecule has 0 radical (unpaired) electrons. The average Bonchev–Trinajstić information content (AvgIpc) is 2.83. The van der Waals surface area contributed by atoms with E-state index < -0.39 is 10.2 Å². The number of hydrogen-bond acceptors (Lipinski definition) is 3. The summed E-state index contributed by atoms with van der Waals surface area (Å²) in [6.45, 7) is 0. The Labute approximate surface area is 99.3 Å². The quantitative estimate of drug-likeness (QED) is 0.757. The van der Waals surface area contributed by atoms with Crippen molar-refractivity contribution in [1.29, 1.82) is 0 Å². The Balaban J connectivity index is 2.19. The van der Waals surface area contributed by atoms with Crippen LogP contribution in [0.3, 0.4) is 0 Å². The first-order valence-electron chi connectivity index (χ1n) is 4.91. The zero-order valence-corrected chi connectivity index (χ0v) is 9.95. The van der Waals surface area contributed by atoms with Gasteiger partial charge in [0.15, 0.2) is 0 Å². The predicted octanol–water partition coefficient (Wildman–Crippen LogP) is 0.953. The van der Waals surface area contributed by atoms with E-state index in [2.05, 4.69) is 19.4 Å². The van der Waals surface area contributed by atoms with Gasteiger partial charge in [0.1, 0.15) is 0 Å². The lowest BCUT2D eigenvalue weighted by atomic mass is 10.1. The zero-order valence-electron chi connectivity index (χ0n) is 9.14. The fourth-order valence-electron chi connectivity index (χ4n) is 1.34. The van der Waals surface area contributed by atoms with E-state index in [4.69, 9.17) is 0 Å². The van der Waals surface area contributed by atoms with Gasteiger partial charge in [-0.15, -0.1) is 0 Å². The highest BCUT2D eigenvalue weighted by molar-refractivity contribution is 7.90. The molecule has 0 unspecified atom stereocenters. The van der Waals surface area contributed by atoms with E-state index in [1.165, 1.54) is 7.05 Å². The minimum Gasteiger partial charge on any atom is -0.345 e. The molecule has 0 spiro atoms. The number of rotatable bonds is 4. The second-order valence-electron chi connectivity index (χ2n) is 3.35. The molecule has 0 bridgehead atoms. The Morgan fingerprint density at radius 1 is 1.24 bits per heavy atom. The average molecular weight is 252 g/mol. The molecule has 2 rings (SSSR count). The Bertz CT molecular complexity index is 575. The number of hydrogen-bond donors (Lipinski definition) is 3. The van der Waals surface area contributed by atoms with Crippen molar-refractivity contribution in [3.8, 4) is 11.3 Å². The molecule has 0 saturated carbocycles. The third-order valence-corrected chi connectivity index (χ3v) is 3.26. The molecule has 2 aromatic rings. The molecule has 0 fully saturated rings. The molecule has 3 N–H and O–H groups in total. The Morgan fingerprint density at radius 3 is 2.47 bits per heavy atom. The molecular weight excluding hydrogens is 240 g/mol. The first-order chi connectivity index (χ1) is 8.11. The highest BCUT2D eigenvalue weighted by Gasteiger charge is 2.06. The molecule has 0 amide bonds. The van der Waals surface area contributed by atoms with Crippen molar-refractivity contribution in [1.82, 2.24) is 14.7 Å². The Morgan fingerprint density at radius 2 is 1.94 bits per heavy atom. The smallest absolute Gasteiger partial charge is 0.298 e. The van der Waals surface area contributed by atoms with E-state index in [0.29, 0.717) is 5.69 Å². The van der Waals surface area contributed by atoms with Crippen molar-refractivity contribution in [2.75, 3.05) is 11.8 Å². The molecule has 0 aliphatic rings. The van der Waals surface area contributed by atoms with Crippen LogP contribution in [-0.2, 0) is 10.2 Å². The molecule has 1 heterocycles. The largest absolute Gasteiger partial charge is 0.345 e. The monoisotopic (exact) mass is 252 g/mol. The van der Waals surface area contributed by atoms with Crippen LogP contribution in [0.25, 0.3) is 11.3 Å². The number of anilines is 1. The summed E-state index contributed by atoms with van der Waals surface area (Å²) in [7, 11) is -2.11. The summed E-state index contributed by atoms with van der Waals surface area (Å²) >= 11 is 0. The summed E-state index contributed by atoms with van der Waals surface area (Å²) in [6, 6.07) is 6.98. The van der Waals surface area contributed by atoms with Crippen LogP contribution in [0.1, 0.15) is 0 Å². The van der Waals surface area contributed by atoms with E-state index in [0.717, 1.165) is 11.3 Å². The van der Waals surface area contributed by atoms with E-state index in [9.17, 15) is 8.42 Å². The van der Waals surface area contributed by atoms with Crippen LogP contribution in [0, 0.1) is 0 Å². The molecular formula is C10H12N4O2S. The van der Waals surface area contributed by atoms with Gasteiger partial charge in [0.25, 0.3) is 10.2 Å². The van der Waals surface area contributed by atoms with Gasteiger partial charge in [-0.05, 0) is 17.7 Å². The molecule has 7 heteroatoms. The van der Waals surface area contributed by atoms with Gasteiger partial charge in [-0.1, -0.05) is 12.1 Å². The third kappa shape index (κ3) is 2.83. The molecule has 90 valence electrons. The van der Waals surface area contributed by atoms with Crippen molar-refractivity contribution in [2.45, 2.75) is 0 Å². The lowest BCUT2D eigenvalue weighted by molar-refractivity contribution is 0.593. The van der Waals surface area contributed by atoms with Crippen molar-refractivity contribution in [3.05, 3.63) is 36.8 Å². The fraction of sp³-hybridized carbons (Fsp3) is 0.100. The maximum atomic E-state index is 11.2. The summed E-state index contributed by atoms with van der Waals surface area (Å²) in [5.41, 5.74) is 2.32. The normalized spacial score (nSPS) is 11.4. The molecule has 0 aliphatic heterocycles. The van der Waals surface area contributed by atoms with Crippen molar-refractivity contribution in [2.24, 2.45) is 0 Å². The van der Waals surface area contributed by atoms with Gasteiger partial charge in [0.2, 0.25) is 0 Å². The maximum Gasteiger partial charge on any atom is 0.298 e. The molecule has 1 aromatic carbocycles.